The molecular formula is C21H20FNO3. The van der Waals surface area contributed by atoms with Crippen molar-refractivity contribution in [2.45, 2.75) is 31.8 Å². The first kappa shape index (κ1) is 16.8. The van der Waals surface area contributed by atoms with Crippen molar-refractivity contribution in [3.63, 3.8) is 0 Å². The lowest BCUT2D eigenvalue weighted by Crippen LogP contribution is -2.39. The van der Waals surface area contributed by atoms with Crippen LogP contribution in [0.15, 0.2) is 48.5 Å². The quantitative estimate of drug-likeness (QED) is 0.791. The SMILES string of the molecule is C[C@H](OC(=O)[C@H]1C[C@@H]1c1ccccc1F)C(=O)N1CCc2ccccc21. The predicted octanol–water partition coefficient (Wildman–Crippen LogP) is 3.45. The third-order valence-electron chi connectivity index (χ3n) is 5.19. The first-order chi connectivity index (χ1) is 12.6. The van der Waals surface area contributed by atoms with Crippen LogP contribution in [0.3, 0.4) is 0 Å². The molecule has 134 valence electrons. The molecule has 0 saturated heterocycles. The van der Waals surface area contributed by atoms with Crippen molar-refractivity contribution in [3.8, 4) is 0 Å². The maximum atomic E-state index is 13.8. The van der Waals surface area contributed by atoms with Gasteiger partial charge in [-0.15, -0.1) is 0 Å². The Labute approximate surface area is 151 Å². The van der Waals surface area contributed by atoms with Gasteiger partial charge >= 0.3 is 5.97 Å². The third kappa shape index (κ3) is 2.98. The highest BCUT2D eigenvalue weighted by Crippen LogP contribution is 2.49. The van der Waals surface area contributed by atoms with Crippen LogP contribution in [0.25, 0.3) is 0 Å². The van der Waals surface area contributed by atoms with Crippen molar-refractivity contribution in [2.24, 2.45) is 5.92 Å². The summed E-state index contributed by atoms with van der Waals surface area (Å²) in [5, 5.41) is 0. The Hall–Kier alpha value is -2.69. The van der Waals surface area contributed by atoms with Crippen molar-refractivity contribution < 1.29 is 18.7 Å². The molecular weight excluding hydrogens is 333 g/mol. The molecule has 1 heterocycles. The molecule has 0 radical (unpaired) electrons. The zero-order chi connectivity index (χ0) is 18.3. The Morgan fingerprint density at radius 2 is 1.88 bits per heavy atom. The number of carbonyl (C=O) groups excluding carboxylic acids is 2. The summed E-state index contributed by atoms with van der Waals surface area (Å²) in [7, 11) is 0. The summed E-state index contributed by atoms with van der Waals surface area (Å²) in [6.07, 6.45) is 0.517. The number of para-hydroxylation sites is 1. The molecule has 1 amide bonds. The van der Waals surface area contributed by atoms with E-state index in [9.17, 15) is 14.0 Å². The summed E-state index contributed by atoms with van der Waals surface area (Å²) in [6, 6.07) is 14.2. The molecule has 2 aliphatic rings. The molecule has 5 heteroatoms. The summed E-state index contributed by atoms with van der Waals surface area (Å²) in [5.74, 6) is -1.46. The van der Waals surface area contributed by atoms with E-state index in [1.165, 1.54) is 6.07 Å². The summed E-state index contributed by atoms with van der Waals surface area (Å²) in [5.41, 5.74) is 2.55. The lowest BCUT2D eigenvalue weighted by atomic mass is 10.1. The number of nitrogens with zero attached hydrogens (tertiary/aromatic N) is 1. The van der Waals surface area contributed by atoms with E-state index in [0.29, 0.717) is 18.5 Å². The molecule has 1 aliphatic heterocycles. The Bertz CT molecular complexity index is 866. The van der Waals surface area contributed by atoms with Crippen LogP contribution in [0.2, 0.25) is 0 Å². The van der Waals surface area contributed by atoms with E-state index < -0.39 is 12.1 Å². The fourth-order valence-corrected chi connectivity index (χ4v) is 3.67. The highest BCUT2D eigenvalue weighted by Gasteiger charge is 2.47. The van der Waals surface area contributed by atoms with E-state index in [0.717, 1.165) is 17.7 Å². The number of halogens is 1. The standard InChI is InChI=1S/C21H20FNO3/c1-13(20(24)23-11-10-14-6-2-5-9-19(14)23)26-21(25)17-12-16(17)15-7-3-4-8-18(15)22/h2-9,13,16-17H,10-12H2,1H3/t13-,16+,17-/m0/s1. The molecule has 0 spiro atoms. The maximum absolute atomic E-state index is 13.8. The first-order valence-electron chi connectivity index (χ1n) is 8.90. The molecule has 3 atom stereocenters. The Kier molecular flexibility index (Phi) is 4.23. The van der Waals surface area contributed by atoms with Gasteiger partial charge in [0, 0.05) is 18.2 Å². The van der Waals surface area contributed by atoms with E-state index in [-0.39, 0.29) is 23.6 Å². The van der Waals surface area contributed by atoms with E-state index >= 15 is 0 Å². The topological polar surface area (TPSA) is 46.6 Å². The normalized spacial score (nSPS) is 21.8. The molecule has 26 heavy (non-hydrogen) atoms. The number of amides is 1. The predicted molar refractivity (Wildman–Crippen MR) is 95.3 cm³/mol. The van der Waals surface area contributed by atoms with Gasteiger partial charge in [-0.25, -0.2) is 4.39 Å². The number of carbonyl (C=O) groups is 2. The number of hydrogen-bond donors (Lipinski definition) is 0. The van der Waals surface area contributed by atoms with Gasteiger partial charge < -0.3 is 9.64 Å². The summed E-state index contributed by atoms with van der Waals surface area (Å²) < 4.78 is 19.2. The van der Waals surface area contributed by atoms with Crippen molar-refractivity contribution >= 4 is 17.6 Å². The van der Waals surface area contributed by atoms with Crippen LogP contribution < -0.4 is 4.90 Å². The highest BCUT2D eigenvalue weighted by molar-refractivity contribution is 5.99. The minimum Gasteiger partial charge on any atom is -0.452 e. The molecule has 0 aromatic heterocycles. The fraction of sp³-hybridized carbons (Fsp3) is 0.333. The van der Waals surface area contributed by atoms with E-state index in [1.54, 1.807) is 30.0 Å². The van der Waals surface area contributed by atoms with Gasteiger partial charge in [-0.05, 0) is 43.0 Å². The van der Waals surface area contributed by atoms with Crippen LogP contribution in [0.5, 0.6) is 0 Å². The summed E-state index contributed by atoms with van der Waals surface area (Å²) in [4.78, 5) is 26.7. The molecule has 1 fully saturated rings. The van der Waals surface area contributed by atoms with Crippen LogP contribution in [0.4, 0.5) is 10.1 Å². The largest absolute Gasteiger partial charge is 0.452 e. The molecule has 1 aliphatic carbocycles. The minimum absolute atomic E-state index is 0.154. The van der Waals surface area contributed by atoms with Gasteiger partial charge in [0.15, 0.2) is 6.10 Å². The van der Waals surface area contributed by atoms with Crippen molar-refractivity contribution in [1.82, 2.24) is 0 Å². The smallest absolute Gasteiger partial charge is 0.310 e. The van der Waals surface area contributed by atoms with Gasteiger partial charge in [-0.1, -0.05) is 36.4 Å². The monoisotopic (exact) mass is 353 g/mol. The fourth-order valence-electron chi connectivity index (χ4n) is 3.67. The van der Waals surface area contributed by atoms with Crippen LogP contribution in [0, 0.1) is 11.7 Å². The Morgan fingerprint density at radius 3 is 2.69 bits per heavy atom. The molecule has 0 unspecified atom stereocenters. The summed E-state index contributed by atoms with van der Waals surface area (Å²) in [6.45, 7) is 2.20. The molecule has 4 rings (SSSR count). The second-order valence-corrected chi connectivity index (χ2v) is 6.92. The number of anilines is 1. The highest BCUT2D eigenvalue weighted by atomic mass is 19.1. The van der Waals surface area contributed by atoms with Crippen LogP contribution >= 0.6 is 0 Å². The molecule has 1 saturated carbocycles. The zero-order valence-electron chi connectivity index (χ0n) is 14.5. The van der Waals surface area contributed by atoms with E-state index in [1.807, 2.05) is 24.3 Å². The van der Waals surface area contributed by atoms with Gasteiger partial charge in [0.2, 0.25) is 0 Å². The van der Waals surface area contributed by atoms with Crippen molar-refractivity contribution in [3.05, 3.63) is 65.5 Å². The first-order valence-corrected chi connectivity index (χ1v) is 8.90. The average molecular weight is 353 g/mol. The van der Waals surface area contributed by atoms with E-state index in [2.05, 4.69) is 0 Å². The number of rotatable bonds is 4. The second-order valence-electron chi connectivity index (χ2n) is 6.92. The number of ether oxygens (including phenoxy) is 1. The van der Waals surface area contributed by atoms with Crippen molar-refractivity contribution in [2.75, 3.05) is 11.4 Å². The average Bonchev–Trinajstić information content (AvgIpc) is 3.33. The maximum Gasteiger partial charge on any atom is 0.310 e. The molecule has 4 nitrogen and oxygen atoms in total. The lowest BCUT2D eigenvalue weighted by Gasteiger charge is -2.21. The summed E-state index contributed by atoms with van der Waals surface area (Å²) >= 11 is 0. The molecule has 2 aromatic rings. The Balaban J connectivity index is 1.38. The van der Waals surface area contributed by atoms with Gasteiger partial charge in [0.1, 0.15) is 5.82 Å². The van der Waals surface area contributed by atoms with Crippen LogP contribution in [-0.2, 0) is 20.7 Å². The number of hydrogen-bond acceptors (Lipinski definition) is 3. The van der Waals surface area contributed by atoms with Gasteiger partial charge in [0.25, 0.3) is 5.91 Å². The second kappa shape index (κ2) is 6.56. The van der Waals surface area contributed by atoms with Crippen LogP contribution in [0.1, 0.15) is 30.4 Å². The third-order valence-corrected chi connectivity index (χ3v) is 5.19. The van der Waals surface area contributed by atoms with E-state index in [4.69, 9.17) is 4.74 Å². The van der Waals surface area contributed by atoms with Crippen molar-refractivity contribution in [1.29, 1.82) is 0 Å². The van der Waals surface area contributed by atoms with Gasteiger partial charge in [-0.2, -0.15) is 0 Å². The Morgan fingerprint density at radius 1 is 1.15 bits per heavy atom. The zero-order valence-corrected chi connectivity index (χ0v) is 14.5. The minimum atomic E-state index is -0.851. The molecule has 0 bridgehead atoms. The molecule has 2 aromatic carbocycles. The number of benzene rings is 2. The molecule has 0 N–H and O–H groups in total. The van der Waals surface area contributed by atoms with Gasteiger partial charge in [-0.3, -0.25) is 9.59 Å². The lowest BCUT2D eigenvalue weighted by molar-refractivity contribution is -0.155. The van der Waals surface area contributed by atoms with Gasteiger partial charge in [0.05, 0.1) is 5.92 Å². The number of esters is 1. The van der Waals surface area contributed by atoms with Crippen LogP contribution in [-0.4, -0.2) is 24.5 Å². The number of fused-ring (bicyclic) bond motifs is 1.